The molecule has 2 heterocycles. The Balaban J connectivity index is 1.68. The molecular formula is C17H23N3O5S. The van der Waals surface area contributed by atoms with Gasteiger partial charge in [0.2, 0.25) is 15.9 Å². The van der Waals surface area contributed by atoms with Gasteiger partial charge in [-0.3, -0.25) is 4.79 Å². The highest BCUT2D eigenvalue weighted by atomic mass is 32.2. The van der Waals surface area contributed by atoms with Crippen LogP contribution in [0.15, 0.2) is 23.1 Å². The summed E-state index contributed by atoms with van der Waals surface area (Å²) in [5.74, 6) is -0.138. The number of nitrogens with zero attached hydrogens (tertiary/aromatic N) is 2. The third-order valence-corrected chi connectivity index (χ3v) is 6.12. The van der Waals surface area contributed by atoms with Gasteiger partial charge in [-0.25, -0.2) is 13.2 Å². The van der Waals surface area contributed by atoms with Crippen molar-refractivity contribution in [3.8, 4) is 0 Å². The molecule has 0 saturated carbocycles. The summed E-state index contributed by atoms with van der Waals surface area (Å²) in [6, 6.07) is 4.66. The predicted molar refractivity (Wildman–Crippen MR) is 95.3 cm³/mol. The largest absolute Gasteiger partial charge is 0.444 e. The van der Waals surface area contributed by atoms with Gasteiger partial charge in [0.05, 0.1) is 11.3 Å². The number of hydrogen-bond acceptors (Lipinski definition) is 5. The van der Waals surface area contributed by atoms with Gasteiger partial charge in [-0.05, 0) is 44.5 Å². The van der Waals surface area contributed by atoms with Crippen LogP contribution < -0.4 is 5.32 Å². The molecule has 9 heteroatoms. The predicted octanol–water partition coefficient (Wildman–Crippen LogP) is 1.42. The first kappa shape index (κ1) is 18.7. The minimum absolute atomic E-state index is 0.138. The molecular weight excluding hydrogens is 358 g/mol. The zero-order valence-electron chi connectivity index (χ0n) is 15.1. The van der Waals surface area contributed by atoms with E-state index in [0.717, 1.165) is 0 Å². The van der Waals surface area contributed by atoms with Crippen molar-refractivity contribution >= 4 is 27.7 Å². The van der Waals surface area contributed by atoms with E-state index in [-0.39, 0.29) is 43.4 Å². The van der Waals surface area contributed by atoms with Gasteiger partial charge in [-0.2, -0.15) is 4.31 Å². The topological polar surface area (TPSA) is 96.0 Å². The molecule has 1 aromatic carbocycles. The summed E-state index contributed by atoms with van der Waals surface area (Å²) >= 11 is 0. The number of amides is 2. The maximum absolute atomic E-state index is 12.9. The molecule has 0 radical (unpaired) electrons. The normalized spacial score (nSPS) is 18.4. The number of nitrogens with one attached hydrogen (secondary N) is 1. The minimum Gasteiger partial charge on any atom is -0.444 e. The number of piperazine rings is 1. The van der Waals surface area contributed by atoms with Crippen LogP contribution in [0.1, 0.15) is 26.3 Å². The lowest BCUT2D eigenvalue weighted by molar-refractivity contribution is -0.115. The zero-order valence-corrected chi connectivity index (χ0v) is 15.9. The molecule has 2 aliphatic rings. The lowest BCUT2D eigenvalue weighted by Gasteiger charge is -2.35. The maximum atomic E-state index is 12.9. The third kappa shape index (κ3) is 3.83. The Kier molecular flexibility index (Phi) is 4.70. The van der Waals surface area contributed by atoms with E-state index in [0.29, 0.717) is 11.3 Å². The first-order chi connectivity index (χ1) is 12.1. The monoisotopic (exact) mass is 381 g/mol. The SMILES string of the molecule is CC(C)(C)OC(=O)N1CCN(S(=O)(=O)c2ccc3c(c2)CC(=O)N3)CC1. The van der Waals surface area contributed by atoms with Gasteiger partial charge in [-0.15, -0.1) is 0 Å². The van der Waals surface area contributed by atoms with Gasteiger partial charge in [0, 0.05) is 31.9 Å². The van der Waals surface area contributed by atoms with Crippen molar-refractivity contribution < 1.29 is 22.7 Å². The summed E-state index contributed by atoms with van der Waals surface area (Å²) in [6.45, 7) is 6.33. The lowest BCUT2D eigenvalue weighted by atomic mass is 10.2. The summed E-state index contributed by atoms with van der Waals surface area (Å²) in [4.78, 5) is 25.2. The molecule has 3 rings (SSSR count). The molecule has 0 aliphatic carbocycles. The fraction of sp³-hybridized carbons (Fsp3) is 0.529. The molecule has 26 heavy (non-hydrogen) atoms. The van der Waals surface area contributed by atoms with Gasteiger partial charge >= 0.3 is 6.09 Å². The first-order valence-corrected chi connectivity index (χ1v) is 9.91. The van der Waals surface area contributed by atoms with E-state index in [1.54, 1.807) is 32.9 Å². The molecule has 2 amide bonds. The Morgan fingerprint density at radius 1 is 1.15 bits per heavy atom. The van der Waals surface area contributed by atoms with Gasteiger partial charge in [0.25, 0.3) is 0 Å². The maximum Gasteiger partial charge on any atom is 0.410 e. The number of carbonyl (C=O) groups excluding carboxylic acids is 2. The standard InChI is InChI=1S/C17H23N3O5S/c1-17(2,3)25-16(22)19-6-8-20(9-7-19)26(23,24)13-4-5-14-12(10-13)11-15(21)18-14/h4-5,10H,6-9,11H2,1-3H3,(H,18,21). The van der Waals surface area contributed by atoms with Crippen LogP contribution >= 0.6 is 0 Å². The van der Waals surface area contributed by atoms with Gasteiger partial charge in [0.1, 0.15) is 5.60 Å². The number of ether oxygens (including phenoxy) is 1. The van der Waals surface area contributed by atoms with Crippen LogP contribution in [0.4, 0.5) is 10.5 Å². The molecule has 0 unspecified atom stereocenters. The summed E-state index contributed by atoms with van der Waals surface area (Å²) in [5, 5.41) is 2.69. The van der Waals surface area contributed by atoms with Crippen LogP contribution in [0.25, 0.3) is 0 Å². The van der Waals surface area contributed by atoms with E-state index in [1.165, 1.54) is 15.3 Å². The molecule has 1 aromatic rings. The van der Waals surface area contributed by atoms with E-state index in [4.69, 9.17) is 4.74 Å². The van der Waals surface area contributed by atoms with E-state index in [9.17, 15) is 18.0 Å². The number of fused-ring (bicyclic) bond motifs is 1. The zero-order chi connectivity index (χ0) is 19.1. The highest BCUT2D eigenvalue weighted by molar-refractivity contribution is 7.89. The average molecular weight is 381 g/mol. The molecule has 1 saturated heterocycles. The van der Waals surface area contributed by atoms with Crippen molar-refractivity contribution in [2.45, 2.75) is 37.7 Å². The highest BCUT2D eigenvalue weighted by Crippen LogP contribution is 2.27. The summed E-state index contributed by atoms with van der Waals surface area (Å²) in [5.41, 5.74) is 0.753. The quantitative estimate of drug-likeness (QED) is 0.836. The molecule has 2 aliphatic heterocycles. The average Bonchev–Trinajstić information content (AvgIpc) is 2.92. The first-order valence-electron chi connectivity index (χ1n) is 8.47. The summed E-state index contributed by atoms with van der Waals surface area (Å²) in [7, 11) is -3.67. The highest BCUT2D eigenvalue weighted by Gasteiger charge is 2.32. The second kappa shape index (κ2) is 6.55. The fourth-order valence-corrected chi connectivity index (χ4v) is 4.43. The van der Waals surface area contributed by atoms with Crippen LogP contribution in [0.3, 0.4) is 0 Å². The minimum atomic E-state index is -3.67. The van der Waals surface area contributed by atoms with E-state index < -0.39 is 21.7 Å². The number of benzene rings is 1. The van der Waals surface area contributed by atoms with Crippen molar-refractivity contribution in [3.05, 3.63) is 23.8 Å². The van der Waals surface area contributed by atoms with Crippen molar-refractivity contribution in [1.29, 1.82) is 0 Å². The molecule has 0 bridgehead atoms. The molecule has 1 N–H and O–H groups in total. The second-order valence-corrected chi connectivity index (χ2v) is 9.35. The summed E-state index contributed by atoms with van der Waals surface area (Å²) < 4.78 is 32.4. The van der Waals surface area contributed by atoms with Crippen LogP contribution in [-0.4, -0.2) is 61.4 Å². The van der Waals surface area contributed by atoms with Crippen LogP contribution in [-0.2, 0) is 26.0 Å². The van der Waals surface area contributed by atoms with Crippen LogP contribution in [0.5, 0.6) is 0 Å². The number of anilines is 1. The van der Waals surface area contributed by atoms with E-state index >= 15 is 0 Å². The molecule has 8 nitrogen and oxygen atoms in total. The smallest absolute Gasteiger partial charge is 0.410 e. The Morgan fingerprint density at radius 2 is 1.81 bits per heavy atom. The van der Waals surface area contributed by atoms with Crippen molar-refractivity contribution in [2.24, 2.45) is 0 Å². The van der Waals surface area contributed by atoms with Crippen LogP contribution in [0, 0.1) is 0 Å². The second-order valence-electron chi connectivity index (χ2n) is 7.42. The van der Waals surface area contributed by atoms with Gasteiger partial charge in [0.15, 0.2) is 0 Å². The fourth-order valence-electron chi connectivity index (χ4n) is 2.95. The van der Waals surface area contributed by atoms with E-state index in [1.807, 2.05) is 0 Å². The molecule has 142 valence electrons. The van der Waals surface area contributed by atoms with Gasteiger partial charge in [-0.1, -0.05) is 0 Å². The molecule has 0 spiro atoms. The lowest BCUT2D eigenvalue weighted by Crippen LogP contribution is -2.51. The Morgan fingerprint density at radius 3 is 2.42 bits per heavy atom. The van der Waals surface area contributed by atoms with Crippen molar-refractivity contribution in [1.82, 2.24) is 9.21 Å². The number of sulfonamides is 1. The Bertz CT molecular complexity index is 836. The van der Waals surface area contributed by atoms with Crippen molar-refractivity contribution in [2.75, 3.05) is 31.5 Å². The number of carbonyl (C=O) groups is 2. The van der Waals surface area contributed by atoms with Crippen molar-refractivity contribution in [3.63, 3.8) is 0 Å². The van der Waals surface area contributed by atoms with Crippen LogP contribution in [0.2, 0.25) is 0 Å². The molecule has 0 aromatic heterocycles. The van der Waals surface area contributed by atoms with Gasteiger partial charge < -0.3 is 15.0 Å². The Labute approximate surface area is 153 Å². The Hall–Kier alpha value is -2.13. The molecule has 0 atom stereocenters. The van der Waals surface area contributed by atoms with E-state index in [2.05, 4.69) is 5.32 Å². The number of rotatable bonds is 2. The number of hydrogen-bond donors (Lipinski definition) is 1. The molecule has 1 fully saturated rings. The third-order valence-electron chi connectivity index (χ3n) is 4.23. The summed E-state index contributed by atoms with van der Waals surface area (Å²) in [6.07, 6.45) is -0.248.